The van der Waals surface area contributed by atoms with Gasteiger partial charge in [0.15, 0.2) is 0 Å². The summed E-state index contributed by atoms with van der Waals surface area (Å²) in [6.07, 6.45) is 5.50. The van der Waals surface area contributed by atoms with Crippen LogP contribution in [0.5, 0.6) is 0 Å². The summed E-state index contributed by atoms with van der Waals surface area (Å²) in [5, 5.41) is 0. The molecule has 0 unspecified atom stereocenters. The highest BCUT2D eigenvalue weighted by molar-refractivity contribution is 5.01. The highest BCUT2D eigenvalue weighted by Crippen LogP contribution is 2.19. The lowest BCUT2D eigenvalue weighted by atomic mass is 10.2. The molecule has 1 nitrogen and oxygen atoms in total. The van der Waals surface area contributed by atoms with Gasteiger partial charge in [0.25, 0.3) is 0 Å². The van der Waals surface area contributed by atoms with Gasteiger partial charge in [-0.3, -0.25) is 0 Å². The molecule has 40 valence electrons. The van der Waals surface area contributed by atoms with Gasteiger partial charge in [-0.05, 0) is 6.42 Å². The maximum absolute atomic E-state index is 4.80. The molecule has 1 heterocycles. The lowest BCUT2D eigenvalue weighted by molar-refractivity contribution is 0.476. The van der Waals surface area contributed by atoms with Crippen LogP contribution < -0.4 is 0 Å². The van der Waals surface area contributed by atoms with E-state index in [0.29, 0.717) is 0 Å². The lowest BCUT2D eigenvalue weighted by Gasteiger charge is -1.83. The molecule has 0 fully saturated rings. The van der Waals surface area contributed by atoms with Crippen molar-refractivity contribution in [3.8, 4) is 0 Å². The van der Waals surface area contributed by atoms with Crippen molar-refractivity contribution in [1.82, 2.24) is 0 Å². The van der Waals surface area contributed by atoms with Crippen molar-refractivity contribution in [2.75, 3.05) is 0 Å². The van der Waals surface area contributed by atoms with E-state index >= 15 is 0 Å². The van der Waals surface area contributed by atoms with Gasteiger partial charge in [-0.1, -0.05) is 13.3 Å². The number of hydrogen-bond acceptors (Lipinski definition) is 1. The van der Waals surface area contributed by atoms with Crippen molar-refractivity contribution in [3.05, 3.63) is 12.0 Å². The van der Waals surface area contributed by atoms with Crippen molar-refractivity contribution in [1.29, 1.82) is 0 Å². The van der Waals surface area contributed by atoms with Gasteiger partial charge < -0.3 is 4.74 Å². The number of allylic oxidation sites excluding steroid dienone is 1. The molecular weight excluding hydrogens is 88.1 g/mol. The molecule has 0 aromatic heterocycles. The summed E-state index contributed by atoms with van der Waals surface area (Å²) in [6.45, 7) is 2.18. The molecule has 1 aliphatic rings. The van der Waals surface area contributed by atoms with Crippen molar-refractivity contribution in [3.63, 3.8) is 0 Å². The van der Waals surface area contributed by atoms with E-state index < -0.39 is 0 Å². The summed E-state index contributed by atoms with van der Waals surface area (Å²) in [4.78, 5) is 0. The number of unbranched alkanes of at least 4 members (excludes halogenated alkanes) is 1. The SMILES string of the molecule is CCCCC1=CO1. The molecule has 1 heteroatoms. The zero-order chi connectivity index (χ0) is 5.11. The molecule has 0 N–H and O–H groups in total. The zero-order valence-corrected chi connectivity index (χ0v) is 4.61. The Bertz CT molecular complexity index is 84.2. The number of hydrogen-bond donors (Lipinski definition) is 0. The molecule has 0 saturated carbocycles. The second kappa shape index (κ2) is 2.01. The van der Waals surface area contributed by atoms with Crippen LogP contribution >= 0.6 is 0 Å². The number of ether oxygens (including phenoxy) is 1. The molecular formula is C6H10O. The first-order valence-corrected chi connectivity index (χ1v) is 2.79. The zero-order valence-electron chi connectivity index (χ0n) is 4.61. The fourth-order valence-electron chi connectivity index (χ4n) is 0.511. The van der Waals surface area contributed by atoms with Gasteiger partial charge in [-0.15, -0.1) is 0 Å². The van der Waals surface area contributed by atoms with Crippen LogP contribution in [0.3, 0.4) is 0 Å². The van der Waals surface area contributed by atoms with E-state index in [1.54, 1.807) is 0 Å². The van der Waals surface area contributed by atoms with Gasteiger partial charge in [0.1, 0.15) is 12.0 Å². The van der Waals surface area contributed by atoms with E-state index in [0.717, 1.165) is 6.42 Å². The molecule has 0 aromatic rings. The van der Waals surface area contributed by atoms with Gasteiger partial charge >= 0.3 is 0 Å². The van der Waals surface area contributed by atoms with E-state index in [4.69, 9.17) is 4.74 Å². The average Bonchev–Trinajstić information content (AvgIpc) is 2.42. The first kappa shape index (κ1) is 4.69. The first-order valence-electron chi connectivity index (χ1n) is 2.79. The van der Waals surface area contributed by atoms with Crippen molar-refractivity contribution < 1.29 is 4.74 Å². The van der Waals surface area contributed by atoms with Gasteiger partial charge in [0, 0.05) is 6.42 Å². The third-order valence-corrected chi connectivity index (χ3v) is 1.06. The first-order chi connectivity index (χ1) is 3.43. The van der Waals surface area contributed by atoms with E-state index in [-0.39, 0.29) is 0 Å². The molecule has 1 aliphatic heterocycles. The normalized spacial score (nSPS) is 15.3. The van der Waals surface area contributed by atoms with Gasteiger partial charge in [0.05, 0.1) is 0 Å². The Kier molecular flexibility index (Phi) is 1.35. The minimum atomic E-state index is 1.15. The van der Waals surface area contributed by atoms with Crippen LogP contribution in [0, 0.1) is 0 Å². The van der Waals surface area contributed by atoms with E-state index in [9.17, 15) is 0 Å². The second-order valence-corrected chi connectivity index (χ2v) is 1.81. The molecule has 0 aromatic carbocycles. The third-order valence-electron chi connectivity index (χ3n) is 1.06. The average molecular weight is 98.1 g/mol. The van der Waals surface area contributed by atoms with Crippen molar-refractivity contribution in [2.45, 2.75) is 26.2 Å². The molecule has 0 radical (unpaired) electrons. The highest BCUT2D eigenvalue weighted by Gasteiger charge is 2.06. The van der Waals surface area contributed by atoms with E-state index in [1.807, 2.05) is 6.26 Å². The van der Waals surface area contributed by atoms with E-state index in [1.165, 1.54) is 18.6 Å². The summed E-state index contributed by atoms with van der Waals surface area (Å²) >= 11 is 0. The number of rotatable bonds is 3. The summed E-state index contributed by atoms with van der Waals surface area (Å²) in [6, 6.07) is 0. The summed E-state index contributed by atoms with van der Waals surface area (Å²) in [7, 11) is 0. The molecule has 0 spiro atoms. The fourth-order valence-corrected chi connectivity index (χ4v) is 0.511. The van der Waals surface area contributed by atoms with Gasteiger partial charge in [0.2, 0.25) is 0 Å². The second-order valence-electron chi connectivity index (χ2n) is 1.81. The van der Waals surface area contributed by atoms with Crippen LogP contribution in [0.2, 0.25) is 0 Å². The Morgan fingerprint density at radius 3 is 2.86 bits per heavy atom. The minimum Gasteiger partial charge on any atom is -0.463 e. The molecule has 7 heavy (non-hydrogen) atoms. The minimum absolute atomic E-state index is 1.15. The lowest BCUT2D eigenvalue weighted by Crippen LogP contribution is -1.67. The van der Waals surface area contributed by atoms with E-state index in [2.05, 4.69) is 6.92 Å². The summed E-state index contributed by atoms with van der Waals surface area (Å²) in [5.74, 6) is 1.18. The monoisotopic (exact) mass is 98.1 g/mol. The quantitative estimate of drug-likeness (QED) is 0.526. The molecule has 0 saturated heterocycles. The molecule has 0 bridgehead atoms. The van der Waals surface area contributed by atoms with Gasteiger partial charge in [-0.2, -0.15) is 0 Å². The third kappa shape index (κ3) is 1.62. The maximum atomic E-state index is 4.80. The predicted molar refractivity (Wildman–Crippen MR) is 28.7 cm³/mol. The molecule has 0 amide bonds. The standard InChI is InChI=1S/C6H10O/c1-2-3-4-6-5-7-6/h5H,2-4H2,1H3. The molecule has 1 rings (SSSR count). The Labute approximate surface area is 44.0 Å². The van der Waals surface area contributed by atoms with Crippen molar-refractivity contribution >= 4 is 0 Å². The van der Waals surface area contributed by atoms with Crippen LogP contribution in [-0.2, 0) is 4.74 Å². The predicted octanol–water partition coefficient (Wildman–Crippen LogP) is 2.05. The van der Waals surface area contributed by atoms with Crippen LogP contribution in [0.25, 0.3) is 0 Å². The largest absolute Gasteiger partial charge is 0.463 e. The summed E-state index contributed by atoms with van der Waals surface area (Å²) in [5.41, 5.74) is 0. The Morgan fingerprint density at radius 1 is 1.71 bits per heavy atom. The van der Waals surface area contributed by atoms with Crippen molar-refractivity contribution in [2.24, 2.45) is 0 Å². The van der Waals surface area contributed by atoms with Crippen LogP contribution in [-0.4, -0.2) is 0 Å². The van der Waals surface area contributed by atoms with Crippen LogP contribution in [0.1, 0.15) is 26.2 Å². The Hall–Kier alpha value is -0.460. The van der Waals surface area contributed by atoms with Gasteiger partial charge in [-0.25, -0.2) is 0 Å². The summed E-state index contributed by atoms with van der Waals surface area (Å²) < 4.78 is 4.80. The maximum Gasteiger partial charge on any atom is 0.138 e. The molecule has 0 atom stereocenters. The Morgan fingerprint density at radius 2 is 2.43 bits per heavy atom. The smallest absolute Gasteiger partial charge is 0.138 e. The molecule has 0 aliphatic carbocycles. The highest BCUT2D eigenvalue weighted by atomic mass is 16.5. The Balaban J connectivity index is 1.89. The van der Waals surface area contributed by atoms with Crippen LogP contribution in [0.15, 0.2) is 12.0 Å². The fraction of sp³-hybridized carbons (Fsp3) is 0.667. The van der Waals surface area contributed by atoms with Crippen LogP contribution in [0.4, 0.5) is 0 Å². The topological polar surface area (TPSA) is 12.5 Å².